The Morgan fingerprint density at radius 1 is 1.32 bits per heavy atom. The lowest BCUT2D eigenvalue weighted by molar-refractivity contribution is 0.0939. The maximum atomic E-state index is 13.2. The lowest BCUT2D eigenvalue weighted by atomic mass is 10.1. The van der Waals surface area contributed by atoms with Crippen LogP contribution in [0.25, 0.3) is 21.8 Å². The molecule has 0 spiro atoms. The van der Waals surface area contributed by atoms with Crippen molar-refractivity contribution in [2.24, 2.45) is 7.05 Å². The van der Waals surface area contributed by atoms with Gasteiger partial charge in [0.2, 0.25) is 0 Å². The van der Waals surface area contributed by atoms with Crippen molar-refractivity contribution in [3.63, 3.8) is 0 Å². The number of carbonyl (C=O) groups is 1. The van der Waals surface area contributed by atoms with Gasteiger partial charge in [-0.25, -0.2) is 9.37 Å². The van der Waals surface area contributed by atoms with Crippen molar-refractivity contribution in [3.8, 4) is 21.8 Å². The van der Waals surface area contributed by atoms with Crippen LogP contribution < -0.4 is 10.9 Å². The molecule has 2 heterocycles. The third-order valence-electron chi connectivity index (χ3n) is 3.56. The first-order valence-corrected chi connectivity index (χ1v) is 8.56. The largest absolute Gasteiger partial charge is 0.349 e. The Morgan fingerprint density at radius 3 is 2.64 bits per heavy atom. The summed E-state index contributed by atoms with van der Waals surface area (Å²) in [6.07, 6.45) is 0. The predicted octanol–water partition coefficient (Wildman–Crippen LogP) is 2.78. The molecule has 0 radical (unpaired) electrons. The maximum Gasteiger partial charge on any atom is 0.272 e. The number of carbonyl (C=O) groups excluding carboxylic acids is 1. The molecule has 0 aliphatic heterocycles. The summed E-state index contributed by atoms with van der Waals surface area (Å²) in [5, 5.41) is 7.66. The van der Waals surface area contributed by atoms with Crippen molar-refractivity contribution in [1.82, 2.24) is 20.1 Å². The number of rotatable bonds is 4. The summed E-state index contributed by atoms with van der Waals surface area (Å²) in [6, 6.07) is 5.69. The van der Waals surface area contributed by atoms with E-state index in [4.69, 9.17) is 0 Å². The maximum absolute atomic E-state index is 13.2. The standard InChI is InChI=1S/C17H17FN4O2S/c1-9(2)19-15(23)12-8-25-17(20-12)14-13(16(24)21-22(14)3)10-4-6-11(18)7-5-10/h4-9H,1-3H3,(H,19,23)(H,21,24). The van der Waals surface area contributed by atoms with Crippen LogP contribution in [0.2, 0.25) is 0 Å². The molecule has 8 heteroatoms. The number of aromatic nitrogens is 3. The van der Waals surface area contributed by atoms with Gasteiger partial charge in [-0.05, 0) is 31.5 Å². The van der Waals surface area contributed by atoms with Gasteiger partial charge >= 0.3 is 0 Å². The third-order valence-corrected chi connectivity index (χ3v) is 4.41. The van der Waals surface area contributed by atoms with Gasteiger partial charge in [0, 0.05) is 18.5 Å². The molecule has 0 aliphatic rings. The number of hydrogen-bond donors (Lipinski definition) is 2. The van der Waals surface area contributed by atoms with Crippen molar-refractivity contribution >= 4 is 17.2 Å². The number of aromatic amines is 1. The van der Waals surface area contributed by atoms with Crippen LogP contribution in [0.1, 0.15) is 24.3 Å². The first kappa shape index (κ1) is 17.1. The van der Waals surface area contributed by atoms with Crippen LogP contribution in [0.15, 0.2) is 34.4 Å². The summed E-state index contributed by atoms with van der Waals surface area (Å²) in [5.74, 6) is -0.638. The highest BCUT2D eigenvalue weighted by atomic mass is 32.1. The minimum absolute atomic E-state index is 0.00374. The van der Waals surface area contributed by atoms with Gasteiger partial charge in [-0.3, -0.25) is 19.4 Å². The normalized spacial score (nSPS) is 11.1. The lowest BCUT2D eigenvalue weighted by Crippen LogP contribution is -2.30. The summed E-state index contributed by atoms with van der Waals surface area (Å²) in [5.41, 5.74) is 1.54. The molecular weight excluding hydrogens is 343 g/mol. The van der Waals surface area contributed by atoms with E-state index in [-0.39, 0.29) is 23.3 Å². The molecule has 2 aromatic heterocycles. The Hall–Kier alpha value is -2.74. The van der Waals surface area contributed by atoms with Crippen LogP contribution in [0.4, 0.5) is 4.39 Å². The molecule has 130 valence electrons. The van der Waals surface area contributed by atoms with Gasteiger partial charge in [0.15, 0.2) is 0 Å². The van der Waals surface area contributed by atoms with E-state index in [0.29, 0.717) is 27.5 Å². The van der Waals surface area contributed by atoms with Crippen LogP contribution in [0, 0.1) is 5.82 Å². The molecule has 3 rings (SSSR count). The molecule has 1 aromatic carbocycles. The third kappa shape index (κ3) is 3.39. The van der Waals surface area contributed by atoms with Crippen molar-refractivity contribution in [3.05, 3.63) is 51.5 Å². The molecule has 25 heavy (non-hydrogen) atoms. The molecule has 0 bridgehead atoms. The quantitative estimate of drug-likeness (QED) is 0.751. The second kappa shape index (κ2) is 6.64. The van der Waals surface area contributed by atoms with Crippen molar-refractivity contribution in [2.75, 3.05) is 0 Å². The Bertz CT molecular complexity index is 969. The molecular formula is C17H17FN4O2S. The Kier molecular flexibility index (Phi) is 4.54. The summed E-state index contributed by atoms with van der Waals surface area (Å²) >= 11 is 1.27. The van der Waals surface area contributed by atoms with E-state index < -0.39 is 0 Å². The molecule has 0 fully saturated rings. The molecule has 1 amide bonds. The topological polar surface area (TPSA) is 79.8 Å². The SMILES string of the molecule is CC(C)NC(=O)c1csc(-c2c(-c3ccc(F)cc3)c(=O)[nH]n2C)n1. The highest BCUT2D eigenvalue weighted by Gasteiger charge is 2.21. The van der Waals surface area contributed by atoms with Crippen LogP contribution in [-0.4, -0.2) is 26.7 Å². The highest BCUT2D eigenvalue weighted by molar-refractivity contribution is 7.13. The monoisotopic (exact) mass is 360 g/mol. The zero-order valence-electron chi connectivity index (χ0n) is 14.0. The average molecular weight is 360 g/mol. The van der Waals surface area contributed by atoms with Gasteiger partial charge in [0.25, 0.3) is 11.5 Å². The molecule has 6 nitrogen and oxygen atoms in total. The van der Waals surface area contributed by atoms with E-state index in [1.807, 2.05) is 13.8 Å². The van der Waals surface area contributed by atoms with E-state index in [1.54, 1.807) is 29.2 Å². The first-order chi connectivity index (χ1) is 11.9. The number of aryl methyl sites for hydroxylation is 1. The number of nitrogens with zero attached hydrogens (tertiary/aromatic N) is 2. The highest BCUT2D eigenvalue weighted by Crippen LogP contribution is 2.31. The fourth-order valence-electron chi connectivity index (χ4n) is 2.50. The molecule has 3 aromatic rings. The van der Waals surface area contributed by atoms with Gasteiger partial charge in [-0.1, -0.05) is 12.1 Å². The molecule has 0 unspecified atom stereocenters. The van der Waals surface area contributed by atoms with E-state index in [2.05, 4.69) is 15.4 Å². The van der Waals surface area contributed by atoms with Gasteiger partial charge in [0.05, 0.1) is 5.56 Å². The summed E-state index contributed by atoms with van der Waals surface area (Å²) < 4.78 is 14.7. The van der Waals surface area contributed by atoms with E-state index in [1.165, 1.54) is 23.5 Å². The Balaban J connectivity index is 2.07. The van der Waals surface area contributed by atoms with Gasteiger partial charge in [-0.15, -0.1) is 11.3 Å². The number of thiazole rings is 1. The summed E-state index contributed by atoms with van der Waals surface area (Å²) in [6.45, 7) is 3.74. The number of amides is 1. The number of H-pyrrole nitrogens is 1. The summed E-state index contributed by atoms with van der Waals surface area (Å²) in [7, 11) is 1.69. The van der Waals surface area contributed by atoms with E-state index in [9.17, 15) is 14.0 Å². The van der Waals surface area contributed by atoms with Crippen LogP contribution in [0.5, 0.6) is 0 Å². The van der Waals surface area contributed by atoms with Crippen LogP contribution in [0.3, 0.4) is 0 Å². The van der Waals surface area contributed by atoms with Gasteiger partial charge in [0.1, 0.15) is 22.2 Å². The van der Waals surface area contributed by atoms with Crippen LogP contribution in [-0.2, 0) is 7.05 Å². The Labute approximate surface area is 147 Å². The van der Waals surface area contributed by atoms with Crippen LogP contribution >= 0.6 is 11.3 Å². The Morgan fingerprint density at radius 2 is 2.00 bits per heavy atom. The molecule has 0 saturated heterocycles. The molecule has 0 atom stereocenters. The average Bonchev–Trinajstić information content (AvgIpc) is 3.12. The van der Waals surface area contributed by atoms with Gasteiger partial charge in [-0.2, -0.15) is 0 Å². The minimum Gasteiger partial charge on any atom is -0.349 e. The van der Waals surface area contributed by atoms with Crippen molar-refractivity contribution in [2.45, 2.75) is 19.9 Å². The zero-order chi connectivity index (χ0) is 18.1. The molecule has 0 saturated carbocycles. The second-order valence-electron chi connectivity index (χ2n) is 5.90. The lowest BCUT2D eigenvalue weighted by Gasteiger charge is -2.06. The number of hydrogen-bond acceptors (Lipinski definition) is 4. The van der Waals surface area contributed by atoms with Crippen molar-refractivity contribution in [1.29, 1.82) is 0 Å². The van der Waals surface area contributed by atoms with Crippen molar-refractivity contribution < 1.29 is 9.18 Å². The fraction of sp³-hybridized carbons (Fsp3) is 0.235. The van der Waals surface area contributed by atoms with E-state index >= 15 is 0 Å². The second-order valence-corrected chi connectivity index (χ2v) is 6.75. The summed E-state index contributed by atoms with van der Waals surface area (Å²) in [4.78, 5) is 28.8. The molecule has 0 aliphatic carbocycles. The number of benzene rings is 1. The first-order valence-electron chi connectivity index (χ1n) is 7.68. The molecule has 2 N–H and O–H groups in total. The zero-order valence-corrected chi connectivity index (χ0v) is 14.8. The smallest absolute Gasteiger partial charge is 0.272 e. The minimum atomic E-state index is -0.375. The number of nitrogens with one attached hydrogen (secondary N) is 2. The predicted molar refractivity (Wildman–Crippen MR) is 95.1 cm³/mol. The fourth-order valence-corrected chi connectivity index (χ4v) is 3.38. The van der Waals surface area contributed by atoms with E-state index in [0.717, 1.165) is 0 Å². The van der Waals surface area contributed by atoms with Gasteiger partial charge < -0.3 is 5.32 Å². The number of halogens is 1.